The van der Waals surface area contributed by atoms with E-state index in [2.05, 4.69) is 5.32 Å². The van der Waals surface area contributed by atoms with Gasteiger partial charge in [0.15, 0.2) is 0 Å². The molecule has 0 aliphatic carbocycles. The van der Waals surface area contributed by atoms with Crippen molar-refractivity contribution in [1.29, 1.82) is 0 Å². The second-order valence-electron chi connectivity index (χ2n) is 5.52. The highest BCUT2D eigenvalue weighted by atomic mass is 16.4. The van der Waals surface area contributed by atoms with Crippen LogP contribution in [-0.2, 0) is 9.59 Å². The van der Waals surface area contributed by atoms with Crippen molar-refractivity contribution in [3.63, 3.8) is 0 Å². The maximum atomic E-state index is 12.0. The van der Waals surface area contributed by atoms with Gasteiger partial charge in [0.2, 0.25) is 5.91 Å². The summed E-state index contributed by atoms with van der Waals surface area (Å²) in [6, 6.07) is 4.81. The maximum absolute atomic E-state index is 12.0. The minimum Gasteiger partial charge on any atom is -0.480 e. The molecule has 1 fully saturated rings. The minimum atomic E-state index is -1.01. The van der Waals surface area contributed by atoms with Crippen molar-refractivity contribution in [2.24, 2.45) is 0 Å². The molecule has 1 aromatic carbocycles. The number of likely N-dealkylation sites (tertiary alicyclic amines) is 1. The quantitative estimate of drug-likeness (QED) is 0.762. The van der Waals surface area contributed by atoms with Crippen LogP contribution in [-0.4, -0.2) is 52.2 Å². The number of carbonyl (C=O) groups excluding carboxylic acids is 1. The van der Waals surface area contributed by atoms with Gasteiger partial charge in [-0.25, -0.2) is 0 Å². The Kier molecular flexibility index (Phi) is 4.59. The summed E-state index contributed by atoms with van der Waals surface area (Å²) in [4.78, 5) is 24.6. The molecule has 3 N–H and O–H groups in total. The Morgan fingerprint density at radius 2 is 2.05 bits per heavy atom. The maximum Gasteiger partial charge on any atom is 0.321 e. The number of hydrogen-bond acceptors (Lipinski definition) is 4. The number of carboxylic acid groups (broad SMARTS) is 1. The number of carbonyl (C=O) groups is 2. The number of aliphatic hydroxyl groups excluding tert-OH is 1. The first-order valence-electron chi connectivity index (χ1n) is 6.89. The number of hydrogen-bond donors (Lipinski definition) is 3. The zero-order chi connectivity index (χ0) is 15.6. The molecule has 21 heavy (non-hydrogen) atoms. The fourth-order valence-corrected chi connectivity index (χ4v) is 2.52. The number of β-amino-alcohol motifs (C(OH)–C–C–N with tert-alkyl or cyclic N) is 1. The van der Waals surface area contributed by atoms with Crippen LogP contribution in [0.1, 0.15) is 17.5 Å². The normalized spacial score (nSPS) is 22.2. The summed E-state index contributed by atoms with van der Waals surface area (Å²) >= 11 is 0. The SMILES string of the molecule is Cc1ccc(NC(=O)CN2CC(O)CC2C(=O)O)cc1C. The van der Waals surface area contributed by atoms with Crippen LogP contribution in [0.15, 0.2) is 18.2 Å². The van der Waals surface area contributed by atoms with Crippen molar-refractivity contribution in [3.05, 3.63) is 29.3 Å². The molecule has 0 radical (unpaired) electrons. The van der Waals surface area contributed by atoms with Gasteiger partial charge in [0, 0.05) is 18.7 Å². The third-order valence-electron chi connectivity index (χ3n) is 3.80. The molecule has 1 aromatic rings. The predicted octanol–water partition coefficient (Wildman–Crippen LogP) is 0.762. The van der Waals surface area contributed by atoms with Gasteiger partial charge >= 0.3 is 5.97 Å². The van der Waals surface area contributed by atoms with E-state index in [4.69, 9.17) is 5.11 Å². The van der Waals surface area contributed by atoms with Crippen LogP contribution in [0.4, 0.5) is 5.69 Å². The Balaban J connectivity index is 1.97. The smallest absolute Gasteiger partial charge is 0.321 e. The number of nitrogens with zero attached hydrogens (tertiary/aromatic N) is 1. The van der Waals surface area contributed by atoms with Crippen LogP contribution in [0, 0.1) is 13.8 Å². The largest absolute Gasteiger partial charge is 0.480 e. The first kappa shape index (κ1) is 15.5. The zero-order valence-corrected chi connectivity index (χ0v) is 12.2. The van der Waals surface area contributed by atoms with E-state index in [0.717, 1.165) is 11.1 Å². The summed E-state index contributed by atoms with van der Waals surface area (Å²) in [5.41, 5.74) is 2.91. The first-order valence-corrected chi connectivity index (χ1v) is 6.89. The molecular weight excluding hydrogens is 272 g/mol. The average Bonchev–Trinajstić information content (AvgIpc) is 2.75. The lowest BCUT2D eigenvalue weighted by molar-refractivity contribution is -0.142. The number of rotatable bonds is 4. The highest BCUT2D eigenvalue weighted by Crippen LogP contribution is 2.18. The number of aliphatic carboxylic acids is 1. The number of aryl methyl sites for hydroxylation is 2. The summed E-state index contributed by atoms with van der Waals surface area (Å²) < 4.78 is 0. The monoisotopic (exact) mass is 292 g/mol. The van der Waals surface area contributed by atoms with E-state index in [-0.39, 0.29) is 25.4 Å². The molecule has 0 spiro atoms. The molecule has 6 nitrogen and oxygen atoms in total. The Morgan fingerprint density at radius 1 is 1.33 bits per heavy atom. The molecular formula is C15H20N2O4. The lowest BCUT2D eigenvalue weighted by Crippen LogP contribution is -2.41. The number of nitrogens with one attached hydrogen (secondary N) is 1. The highest BCUT2D eigenvalue weighted by Gasteiger charge is 2.36. The molecule has 6 heteroatoms. The van der Waals surface area contributed by atoms with Gasteiger partial charge in [-0.05, 0) is 37.1 Å². The average molecular weight is 292 g/mol. The number of carboxylic acids is 1. The Hall–Kier alpha value is -1.92. The lowest BCUT2D eigenvalue weighted by atomic mass is 10.1. The molecule has 2 unspecified atom stereocenters. The van der Waals surface area contributed by atoms with Crippen molar-refractivity contribution >= 4 is 17.6 Å². The predicted molar refractivity (Wildman–Crippen MR) is 78.2 cm³/mol. The van der Waals surface area contributed by atoms with E-state index in [1.165, 1.54) is 4.90 Å². The summed E-state index contributed by atoms with van der Waals surface area (Å²) in [6.07, 6.45) is -0.535. The molecule has 2 rings (SSSR count). The molecule has 114 valence electrons. The highest BCUT2D eigenvalue weighted by molar-refractivity contribution is 5.92. The fraction of sp³-hybridized carbons (Fsp3) is 0.467. The zero-order valence-electron chi connectivity index (χ0n) is 12.2. The standard InChI is InChI=1S/C15H20N2O4/c1-9-3-4-11(5-10(9)2)16-14(19)8-17-7-12(18)6-13(17)15(20)21/h3-5,12-13,18H,6-8H2,1-2H3,(H,16,19)(H,20,21). The molecule has 1 amide bonds. The van der Waals surface area contributed by atoms with Gasteiger partial charge in [0.05, 0.1) is 12.6 Å². The fourth-order valence-electron chi connectivity index (χ4n) is 2.52. The number of benzene rings is 1. The van der Waals surface area contributed by atoms with Crippen LogP contribution in [0.2, 0.25) is 0 Å². The second kappa shape index (κ2) is 6.24. The van der Waals surface area contributed by atoms with Gasteiger partial charge in [0.25, 0.3) is 0 Å². The minimum absolute atomic E-state index is 0.0407. The molecule has 1 heterocycles. The van der Waals surface area contributed by atoms with Gasteiger partial charge in [-0.2, -0.15) is 0 Å². The van der Waals surface area contributed by atoms with E-state index < -0.39 is 18.1 Å². The van der Waals surface area contributed by atoms with Gasteiger partial charge < -0.3 is 15.5 Å². The number of anilines is 1. The third kappa shape index (κ3) is 3.80. The van der Waals surface area contributed by atoms with Crippen molar-refractivity contribution < 1.29 is 19.8 Å². The number of aliphatic hydroxyl groups is 1. The summed E-state index contributed by atoms with van der Waals surface area (Å²) in [5, 5.41) is 21.4. The summed E-state index contributed by atoms with van der Waals surface area (Å²) in [7, 11) is 0. The summed E-state index contributed by atoms with van der Waals surface area (Å²) in [5.74, 6) is -1.29. The third-order valence-corrected chi connectivity index (χ3v) is 3.80. The second-order valence-corrected chi connectivity index (χ2v) is 5.52. The van der Waals surface area contributed by atoms with E-state index in [9.17, 15) is 14.7 Å². The van der Waals surface area contributed by atoms with Gasteiger partial charge in [-0.3, -0.25) is 14.5 Å². The molecule has 1 aliphatic rings. The van der Waals surface area contributed by atoms with Gasteiger partial charge in [-0.15, -0.1) is 0 Å². The Morgan fingerprint density at radius 3 is 2.67 bits per heavy atom. The van der Waals surface area contributed by atoms with Crippen molar-refractivity contribution in [1.82, 2.24) is 4.90 Å². The first-order chi connectivity index (χ1) is 9.86. The van der Waals surface area contributed by atoms with E-state index in [0.29, 0.717) is 5.69 Å². The van der Waals surface area contributed by atoms with E-state index in [1.807, 2.05) is 32.0 Å². The van der Waals surface area contributed by atoms with Crippen molar-refractivity contribution in [2.45, 2.75) is 32.4 Å². The van der Waals surface area contributed by atoms with Crippen LogP contribution in [0.25, 0.3) is 0 Å². The van der Waals surface area contributed by atoms with Gasteiger partial charge in [-0.1, -0.05) is 6.07 Å². The van der Waals surface area contributed by atoms with Crippen LogP contribution in [0.5, 0.6) is 0 Å². The van der Waals surface area contributed by atoms with Gasteiger partial charge in [0.1, 0.15) is 6.04 Å². The van der Waals surface area contributed by atoms with Crippen molar-refractivity contribution in [3.8, 4) is 0 Å². The number of amides is 1. The lowest BCUT2D eigenvalue weighted by Gasteiger charge is -2.20. The van der Waals surface area contributed by atoms with Crippen molar-refractivity contribution in [2.75, 3.05) is 18.4 Å². The Bertz CT molecular complexity index is 559. The van der Waals surface area contributed by atoms with E-state index in [1.54, 1.807) is 0 Å². The molecule has 1 saturated heterocycles. The van der Waals surface area contributed by atoms with Crippen LogP contribution in [0.3, 0.4) is 0 Å². The Labute approximate surface area is 123 Å². The molecule has 2 atom stereocenters. The van der Waals surface area contributed by atoms with E-state index >= 15 is 0 Å². The molecule has 1 aliphatic heterocycles. The topological polar surface area (TPSA) is 89.9 Å². The molecule has 0 aromatic heterocycles. The van der Waals surface area contributed by atoms with Crippen LogP contribution >= 0.6 is 0 Å². The molecule has 0 bridgehead atoms. The van der Waals surface area contributed by atoms with Crippen LogP contribution < -0.4 is 5.32 Å². The summed E-state index contributed by atoms with van der Waals surface area (Å²) in [6.45, 7) is 4.12. The molecule has 0 saturated carbocycles.